The van der Waals surface area contributed by atoms with Gasteiger partial charge in [0.2, 0.25) is 0 Å². The second-order valence-electron chi connectivity index (χ2n) is 5.02. The van der Waals surface area contributed by atoms with Crippen molar-refractivity contribution in [2.75, 3.05) is 0 Å². The molecule has 3 rings (SSSR count). The lowest BCUT2D eigenvalue weighted by atomic mass is 10.0. The van der Waals surface area contributed by atoms with Crippen molar-refractivity contribution in [3.63, 3.8) is 0 Å². The standard InChI is InChI=1S/C20H16N2O/c23-20(19-14-6-12-17-11-4-5-13-18(17)19)22-21-15-7-10-16-8-2-1-3-9-16/h1-15H,(H,22,23)/b10-7+,21-15-. The van der Waals surface area contributed by atoms with Gasteiger partial charge in [-0.1, -0.05) is 72.8 Å². The van der Waals surface area contributed by atoms with Crippen LogP contribution in [0.1, 0.15) is 15.9 Å². The van der Waals surface area contributed by atoms with Crippen molar-refractivity contribution in [3.8, 4) is 0 Å². The minimum Gasteiger partial charge on any atom is -0.267 e. The quantitative estimate of drug-likeness (QED) is 0.567. The van der Waals surface area contributed by atoms with Gasteiger partial charge < -0.3 is 0 Å². The van der Waals surface area contributed by atoms with Crippen LogP contribution in [0.2, 0.25) is 0 Å². The molecule has 1 amide bonds. The molecule has 23 heavy (non-hydrogen) atoms. The van der Waals surface area contributed by atoms with E-state index in [-0.39, 0.29) is 5.91 Å². The first-order chi connectivity index (χ1) is 11.3. The Labute approximate surface area is 135 Å². The van der Waals surface area contributed by atoms with Crippen molar-refractivity contribution in [2.24, 2.45) is 5.10 Å². The van der Waals surface area contributed by atoms with Gasteiger partial charge in [-0.15, -0.1) is 0 Å². The van der Waals surface area contributed by atoms with Crippen LogP contribution in [0.4, 0.5) is 0 Å². The highest BCUT2D eigenvalue weighted by atomic mass is 16.2. The number of allylic oxidation sites excluding steroid dienone is 1. The van der Waals surface area contributed by atoms with Crippen LogP contribution >= 0.6 is 0 Å². The van der Waals surface area contributed by atoms with Crippen molar-refractivity contribution in [3.05, 3.63) is 90.0 Å². The maximum atomic E-state index is 12.2. The van der Waals surface area contributed by atoms with Crippen molar-refractivity contribution in [1.82, 2.24) is 5.43 Å². The molecule has 0 aliphatic rings. The highest BCUT2D eigenvalue weighted by Crippen LogP contribution is 2.18. The van der Waals surface area contributed by atoms with Crippen LogP contribution in [0.25, 0.3) is 16.8 Å². The number of carbonyl (C=O) groups is 1. The third kappa shape index (κ3) is 3.71. The van der Waals surface area contributed by atoms with E-state index in [1.54, 1.807) is 18.4 Å². The second kappa shape index (κ2) is 7.18. The average Bonchev–Trinajstić information content (AvgIpc) is 2.61. The van der Waals surface area contributed by atoms with E-state index < -0.39 is 0 Å². The fourth-order valence-electron chi connectivity index (χ4n) is 2.34. The van der Waals surface area contributed by atoms with Crippen LogP contribution in [0.5, 0.6) is 0 Å². The molecule has 0 fully saturated rings. The lowest BCUT2D eigenvalue weighted by Gasteiger charge is -2.04. The van der Waals surface area contributed by atoms with E-state index in [2.05, 4.69) is 10.5 Å². The topological polar surface area (TPSA) is 41.5 Å². The number of carbonyl (C=O) groups excluding carboxylic acids is 1. The fraction of sp³-hybridized carbons (Fsp3) is 0. The Morgan fingerprint density at radius 1 is 0.870 bits per heavy atom. The fourth-order valence-corrected chi connectivity index (χ4v) is 2.34. The first kappa shape index (κ1) is 14.7. The van der Waals surface area contributed by atoms with E-state index in [1.807, 2.05) is 72.8 Å². The highest BCUT2D eigenvalue weighted by molar-refractivity contribution is 6.07. The van der Waals surface area contributed by atoms with Crippen LogP contribution in [0, 0.1) is 0 Å². The summed E-state index contributed by atoms with van der Waals surface area (Å²) in [6.45, 7) is 0. The molecule has 3 heteroatoms. The zero-order valence-corrected chi connectivity index (χ0v) is 12.5. The van der Waals surface area contributed by atoms with Gasteiger partial charge in [0, 0.05) is 11.8 Å². The van der Waals surface area contributed by atoms with Crippen molar-refractivity contribution in [2.45, 2.75) is 0 Å². The van der Waals surface area contributed by atoms with Crippen molar-refractivity contribution in [1.29, 1.82) is 0 Å². The number of benzene rings is 3. The molecule has 1 N–H and O–H groups in total. The Kier molecular flexibility index (Phi) is 4.60. The van der Waals surface area contributed by atoms with Gasteiger partial charge in [-0.3, -0.25) is 4.79 Å². The van der Waals surface area contributed by atoms with Gasteiger partial charge in [-0.05, 0) is 28.5 Å². The smallest absolute Gasteiger partial charge is 0.267 e. The maximum absolute atomic E-state index is 12.2. The van der Waals surface area contributed by atoms with Gasteiger partial charge in [-0.25, -0.2) is 5.43 Å². The zero-order valence-electron chi connectivity index (χ0n) is 12.5. The summed E-state index contributed by atoms with van der Waals surface area (Å²) in [6, 6.07) is 23.4. The van der Waals surface area contributed by atoms with Crippen LogP contribution in [0.15, 0.2) is 84.0 Å². The molecule has 3 aromatic carbocycles. The normalized spacial score (nSPS) is 11.3. The van der Waals surface area contributed by atoms with E-state index in [0.29, 0.717) is 5.56 Å². The van der Waals surface area contributed by atoms with Gasteiger partial charge in [0.15, 0.2) is 0 Å². The molecule has 0 saturated carbocycles. The molecule has 0 bridgehead atoms. The van der Waals surface area contributed by atoms with Gasteiger partial charge in [0.1, 0.15) is 0 Å². The first-order valence-corrected chi connectivity index (χ1v) is 7.37. The summed E-state index contributed by atoms with van der Waals surface area (Å²) >= 11 is 0. The molecule has 0 atom stereocenters. The summed E-state index contributed by atoms with van der Waals surface area (Å²) in [5.74, 6) is -0.217. The number of hydrogen-bond donors (Lipinski definition) is 1. The Bertz CT molecular complexity index is 862. The zero-order chi connectivity index (χ0) is 15.9. The molecule has 0 radical (unpaired) electrons. The van der Waals surface area contributed by atoms with Gasteiger partial charge >= 0.3 is 0 Å². The predicted molar refractivity (Wildman–Crippen MR) is 95.4 cm³/mol. The summed E-state index contributed by atoms with van der Waals surface area (Å²) in [5.41, 5.74) is 4.26. The van der Waals surface area contributed by atoms with Gasteiger partial charge in [0.05, 0.1) is 0 Å². The van der Waals surface area contributed by atoms with Crippen LogP contribution in [-0.2, 0) is 0 Å². The Morgan fingerprint density at radius 2 is 1.61 bits per heavy atom. The third-order valence-electron chi connectivity index (χ3n) is 3.45. The Balaban J connectivity index is 1.67. The SMILES string of the molecule is O=C(N/N=C\C=C\c1ccccc1)c1cccc2ccccc12. The molecule has 0 aromatic heterocycles. The molecule has 0 aliphatic carbocycles. The Hall–Kier alpha value is -3.20. The molecular weight excluding hydrogens is 284 g/mol. The Morgan fingerprint density at radius 3 is 2.48 bits per heavy atom. The molecular formula is C20H16N2O. The number of hydrogen-bond acceptors (Lipinski definition) is 2. The average molecular weight is 300 g/mol. The monoisotopic (exact) mass is 300 g/mol. The van der Waals surface area contributed by atoms with Crippen LogP contribution < -0.4 is 5.43 Å². The van der Waals surface area contributed by atoms with Crippen molar-refractivity contribution < 1.29 is 4.79 Å². The number of nitrogens with zero attached hydrogens (tertiary/aromatic N) is 1. The minimum atomic E-state index is -0.217. The molecule has 0 aliphatic heterocycles. The van der Waals surface area contributed by atoms with Crippen LogP contribution in [0.3, 0.4) is 0 Å². The van der Waals surface area contributed by atoms with E-state index >= 15 is 0 Å². The number of nitrogens with one attached hydrogen (secondary N) is 1. The van der Waals surface area contributed by atoms with E-state index in [4.69, 9.17) is 0 Å². The number of hydrazone groups is 1. The second-order valence-corrected chi connectivity index (χ2v) is 5.02. The molecule has 0 saturated heterocycles. The summed E-state index contributed by atoms with van der Waals surface area (Å²) in [4.78, 5) is 12.2. The molecule has 3 aromatic rings. The largest absolute Gasteiger partial charge is 0.271 e. The maximum Gasteiger partial charge on any atom is 0.271 e. The van der Waals surface area contributed by atoms with E-state index in [1.165, 1.54) is 0 Å². The first-order valence-electron chi connectivity index (χ1n) is 7.37. The predicted octanol–water partition coefficient (Wildman–Crippen LogP) is 4.27. The molecule has 3 nitrogen and oxygen atoms in total. The molecule has 0 spiro atoms. The van der Waals surface area contributed by atoms with E-state index in [9.17, 15) is 4.79 Å². The molecule has 0 heterocycles. The molecule has 112 valence electrons. The van der Waals surface area contributed by atoms with Gasteiger partial charge in [0.25, 0.3) is 5.91 Å². The lowest BCUT2D eigenvalue weighted by molar-refractivity contribution is 0.0957. The lowest BCUT2D eigenvalue weighted by Crippen LogP contribution is -2.17. The number of rotatable bonds is 4. The molecule has 0 unspecified atom stereocenters. The summed E-state index contributed by atoms with van der Waals surface area (Å²) in [6.07, 6.45) is 5.28. The van der Waals surface area contributed by atoms with Crippen LogP contribution in [-0.4, -0.2) is 12.1 Å². The highest BCUT2D eigenvalue weighted by Gasteiger charge is 2.07. The minimum absolute atomic E-state index is 0.217. The van der Waals surface area contributed by atoms with E-state index in [0.717, 1.165) is 16.3 Å². The summed E-state index contributed by atoms with van der Waals surface area (Å²) < 4.78 is 0. The van der Waals surface area contributed by atoms with Crippen molar-refractivity contribution >= 4 is 29.0 Å². The number of fused-ring (bicyclic) bond motifs is 1. The summed E-state index contributed by atoms with van der Waals surface area (Å²) in [7, 11) is 0. The third-order valence-corrected chi connectivity index (χ3v) is 3.45. The van der Waals surface area contributed by atoms with Gasteiger partial charge in [-0.2, -0.15) is 5.10 Å². The summed E-state index contributed by atoms with van der Waals surface area (Å²) in [5, 5.41) is 5.91. The number of amides is 1.